The van der Waals surface area contributed by atoms with Crippen LogP contribution in [-0.4, -0.2) is 19.9 Å². The van der Waals surface area contributed by atoms with Gasteiger partial charge in [-0.15, -0.1) is 0 Å². The Bertz CT molecular complexity index is 2730. The molecule has 0 unspecified atom stereocenters. The number of benzene rings is 6. The Hall–Kier alpha value is -6.52. The van der Waals surface area contributed by atoms with Crippen molar-refractivity contribution < 1.29 is 0 Å². The van der Waals surface area contributed by atoms with Crippen molar-refractivity contribution in [2.24, 2.45) is 0 Å². The van der Waals surface area contributed by atoms with E-state index in [0.717, 1.165) is 67.7 Å². The van der Waals surface area contributed by atoms with Crippen molar-refractivity contribution in [3.8, 4) is 56.2 Å². The van der Waals surface area contributed by atoms with Gasteiger partial charge in [-0.3, -0.25) is 4.98 Å². The Morgan fingerprint density at radius 3 is 1.94 bits per heavy atom. The van der Waals surface area contributed by atoms with Crippen molar-refractivity contribution in [1.29, 1.82) is 0 Å². The number of nitrogens with zero attached hydrogens (tertiary/aromatic N) is 4. The standard InChI is InChI=1S/C45H28N4/c1-2-10-29(11-3-1)43-37-16-8-9-17-40(37)48-45(49-43)30-20-18-28(19-21-30)32-22-23-36(35-15-7-6-14-34(32)35)44-38-26-31-12-4-5-13-33(31)42(38)39-27-46-25-24-41(39)47-44/h1-25,27H,26H2. The Kier molecular flexibility index (Phi) is 6.21. The van der Waals surface area contributed by atoms with Gasteiger partial charge in [0.1, 0.15) is 0 Å². The molecule has 1 aliphatic carbocycles. The molecule has 0 N–H and O–H groups in total. The molecule has 0 radical (unpaired) electrons. The molecule has 3 heterocycles. The van der Waals surface area contributed by atoms with Gasteiger partial charge in [0.15, 0.2) is 5.82 Å². The predicted octanol–water partition coefficient (Wildman–Crippen LogP) is 11.0. The molecule has 9 aromatic rings. The predicted molar refractivity (Wildman–Crippen MR) is 200 cm³/mol. The van der Waals surface area contributed by atoms with Gasteiger partial charge in [0, 0.05) is 46.3 Å². The van der Waals surface area contributed by atoms with Gasteiger partial charge in [-0.25, -0.2) is 15.0 Å². The summed E-state index contributed by atoms with van der Waals surface area (Å²) in [6.07, 6.45) is 4.66. The van der Waals surface area contributed by atoms with Gasteiger partial charge >= 0.3 is 0 Å². The zero-order chi connectivity index (χ0) is 32.3. The maximum Gasteiger partial charge on any atom is 0.160 e. The van der Waals surface area contributed by atoms with Crippen LogP contribution in [-0.2, 0) is 6.42 Å². The highest BCUT2D eigenvalue weighted by Gasteiger charge is 2.26. The lowest BCUT2D eigenvalue weighted by molar-refractivity contribution is 1.22. The normalized spacial score (nSPS) is 12.0. The van der Waals surface area contributed by atoms with E-state index >= 15 is 0 Å². The zero-order valence-electron chi connectivity index (χ0n) is 26.5. The molecular weight excluding hydrogens is 597 g/mol. The number of aromatic nitrogens is 4. The fourth-order valence-corrected chi connectivity index (χ4v) is 7.54. The molecule has 0 spiro atoms. The molecule has 0 amide bonds. The highest BCUT2D eigenvalue weighted by atomic mass is 14.9. The molecule has 3 aromatic heterocycles. The lowest BCUT2D eigenvalue weighted by Crippen LogP contribution is -1.96. The van der Waals surface area contributed by atoms with E-state index in [1.54, 1.807) is 0 Å². The van der Waals surface area contributed by atoms with Gasteiger partial charge in [-0.1, -0.05) is 133 Å². The number of hydrogen-bond donors (Lipinski definition) is 0. The minimum Gasteiger partial charge on any atom is -0.264 e. The summed E-state index contributed by atoms with van der Waals surface area (Å²) in [7, 11) is 0. The van der Waals surface area contributed by atoms with E-state index in [0.29, 0.717) is 0 Å². The maximum atomic E-state index is 5.29. The molecule has 0 saturated heterocycles. The summed E-state index contributed by atoms with van der Waals surface area (Å²) in [5.74, 6) is 0.719. The number of hydrogen-bond acceptors (Lipinski definition) is 4. The lowest BCUT2D eigenvalue weighted by atomic mass is 9.90. The molecule has 6 aromatic carbocycles. The van der Waals surface area contributed by atoms with E-state index in [2.05, 4.69) is 126 Å². The van der Waals surface area contributed by atoms with Crippen LogP contribution in [0.4, 0.5) is 0 Å². The minimum absolute atomic E-state index is 0.719. The monoisotopic (exact) mass is 624 g/mol. The molecule has 0 atom stereocenters. The molecule has 4 nitrogen and oxygen atoms in total. The van der Waals surface area contributed by atoms with Crippen LogP contribution in [0.25, 0.3) is 88.7 Å². The van der Waals surface area contributed by atoms with Crippen LogP contribution in [0, 0.1) is 0 Å². The molecule has 10 rings (SSSR count). The third-order valence-corrected chi connectivity index (χ3v) is 9.82. The third-order valence-electron chi connectivity index (χ3n) is 9.82. The van der Waals surface area contributed by atoms with Gasteiger partial charge in [-0.2, -0.15) is 0 Å². The van der Waals surface area contributed by atoms with E-state index in [1.165, 1.54) is 38.6 Å². The summed E-state index contributed by atoms with van der Waals surface area (Å²) in [6, 6.07) is 51.2. The van der Waals surface area contributed by atoms with Gasteiger partial charge in [0.2, 0.25) is 0 Å². The number of fused-ring (bicyclic) bond motifs is 7. The van der Waals surface area contributed by atoms with Crippen molar-refractivity contribution >= 4 is 32.6 Å². The summed E-state index contributed by atoms with van der Waals surface area (Å²) >= 11 is 0. The first-order chi connectivity index (χ1) is 24.3. The van der Waals surface area contributed by atoms with Crippen LogP contribution in [0.3, 0.4) is 0 Å². The largest absolute Gasteiger partial charge is 0.264 e. The van der Waals surface area contributed by atoms with E-state index < -0.39 is 0 Å². The van der Waals surface area contributed by atoms with Gasteiger partial charge in [0.25, 0.3) is 0 Å². The van der Waals surface area contributed by atoms with Crippen molar-refractivity contribution in [1.82, 2.24) is 19.9 Å². The smallest absolute Gasteiger partial charge is 0.160 e. The van der Waals surface area contributed by atoms with Crippen LogP contribution in [0.1, 0.15) is 11.1 Å². The SMILES string of the molecule is c1ccc(-c2nc(-c3ccc(-c4ccc(-c5nc6ccncc6c6c5Cc5ccccc5-6)c5ccccc45)cc3)nc3ccccc23)cc1. The zero-order valence-corrected chi connectivity index (χ0v) is 26.5. The van der Waals surface area contributed by atoms with Gasteiger partial charge < -0.3 is 0 Å². The van der Waals surface area contributed by atoms with Crippen LogP contribution in [0.5, 0.6) is 0 Å². The quantitative estimate of drug-likeness (QED) is 0.195. The molecular formula is C45H28N4. The van der Waals surface area contributed by atoms with Gasteiger partial charge in [-0.05, 0) is 56.3 Å². The fourth-order valence-electron chi connectivity index (χ4n) is 7.54. The summed E-state index contributed by atoms with van der Waals surface area (Å²) in [4.78, 5) is 19.8. The molecule has 0 bridgehead atoms. The summed E-state index contributed by atoms with van der Waals surface area (Å²) < 4.78 is 0. The second-order valence-electron chi connectivity index (χ2n) is 12.6. The summed E-state index contributed by atoms with van der Waals surface area (Å²) in [5.41, 5.74) is 14.6. The van der Waals surface area contributed by atoms with E-state index in [1.807, 2.05) is 36.7 Å². The van der Waals surface area contributed by atoms with Crippen LogP contribution in [0.2, 0.25) is 0 Å². The van der Waals surface area contributed by atoms with Crippen molar-refractivity contribution in [3.63, 3.8) is 0 Å². The summed E-state index contributed by atoms with van der Waals surface area (Å²) in [5, 5.41) is 4.54. The Morgan fingerprint density at radius 1 is 0.408 bits per heavy atom. The van der Waals surface area contributed by atoms with E-state index in [4.69, 9.17) is 15.0 Å². The van der Waals surface area contributed by atoms with Crippen molar-refractivity contribution in [2.75, 3.05) is 0 Å². The van der Waals surface area contributed by atoms with Crippen LogP contribution in [0.15, 0.2) is 158 Å². The van der Waals surface area contributed by atoms with E-state index in [9.17, 15) is 0 Å². The highest BCUT2D eigenvalue weighted by molar-refractivity contribution is 6.08. The number of para-hydroxylation sites is 1. The first kappa shape index (κ1) is 27.6. The molecule has 1 aliphatic rings. The number of rotatable bonds is 4. The minimum atomic E-state index is 0.719. The van der Waals surface area contributed by atoms with Crippen molar-refractivity contribution in [2.45, 2.75) is 6.42 Å². The summed E-state index contributed by atoms with van der Waals surface area (Å²) in [6.45, 7) is 0. The lowest BCUT2D eigenvalue weighted by Gasteiger charge is -2.16. The second kappa shape index (κ2) is 11.0. The molecule has 49 heavy (non-hydrogen) atoms. The number of pyridine rings is 2. The molecule has 0 fully saturated rings. The first-order valence-corrected chi connectivity index (χ1v) is 16.6. The molecule has 4 heteroatoms. The van der Waals surface area contributed by atoms with Crippen LogP contribution < -0.4 is 0 Å². The maximum absolute atomic E-state index is 5.29. The average Bonchev–Trinajstić information content (AvgIpc) is 3.57. The highest BCUT2D eigenvalue weighted by Crippen LogP contribution is 2.46. The fraction of sp³-hybridized carbons (Fsp3) is 0.0222. The molecule has 0 saturated carbocycles. The molecule has 0 aliphatic heterocycles. The van der Waals surface area contributed by atoms with Gasteiger partial charge in [0.05, 0.1) is 22.4 Å². The Balaban J connectivity index is 1.09. The second-order valence-corrected chi connectivity index (χ2v) is 12.6. The average molecular weight is 625 g/mol. The van der Waals surface area contributed by atoms with Crippen LogP contribution >= 0.6 is 0 Å². The van der Waals surface area contributed by atoms with E-state index in [-0.39, 0.29) is 0 Å². The molecule has 228 valence electrons. The Morgan fingerprint density at radius 2 is 1.08 bits per heavy atom. The Labute approximate surface area is 283 Å². The van der Waals surface area contributed by atoms with Crippen molar-refractivity contribution in [3.05, 3.63) is 169 Å². The third kappa shape index (κ3) is 4.45. The topological polar surface area (TPSA) is 51.6 Å². The first-order valence-electron chi connectivity index (χ1n) is 16.6.